The number of esters is 1. The molecule has 0 aliphatic rings. The molecule has 0 spiro atoms. The number of methoxy groups -OCH3 is 2. The van der Waals surface area contributed by atoms with Crippen molar-refractivity contribution in [3.05, 3.63) is 40.3 Å². The highest BCUT2D eigenvalue weighted by Crippen LogP contribution is 2.32. The highest BCUT2D eigenvalue weighted by atomic mass is 19.4. The number of nitrogens with zero attached hydrogens (tertiary/aromatic N) is 3. The van der Waals surface area contributed by atoms with E-state index in [9.17, 15) is 22.8 Å². The van der Waals surface area contributed by atoms with E-state index >= 15 is 0 Å². The molecule has 0 aliphatic carbocycles. The first-order valence-corrected chi connectivity index (χ1v) is 9.80. The van der Waals surface area contributed by atoms with Crippen molar-refractivity contribution in [1.82, 2.24) is 19.9 Å². The number of carbonyl (C=O) groups is 1. The molecule has 0 radical (unpaired) electrons. The van der Waals surface area contributed by atoms with E-state index in [1.807, 2.05) is 0 Å². The zero-order chi connectivity index (χ0) is 25.5. The van der Waals surface area contributed by atoms with Gasteiger partial charge in [0.15, 0.2) is 0 Å². The first kappa shape index (κ1) is 23.5. The molecule has 4 rings (SSSR count). The zero-order valence-corrected chi connectivity index (χ0v) is 18.4. The fourth-order valence-electron chi connectivity index (χ4n) is 3.32. The maximum absolute atomic E-state index is 12.8. The van der Waals surface area contributed by atoms with Gasteiger partial charge in [-0.05, 0) is 31.2 Å². The number of halogens is 3. The van der Waals surface area contributed by atoms with E-state index in [2.05, 4.69) is 30.0 Å². The number of anilines is 3. The van der Waals surface area contributed by atoms with Crippen LogP contribution in [0, 0.1) is 6.92 Å². The Kier molecular flexibility index (Phi) is 5.80. The molecule has 0 bridgehead atoms. The van der Waals surface area contributed by atoms with Crippen molar-refractivity contribution < 1.29 is 32.2 Å². The lowest BCUT2D eigenvalue weighted by Gasteiger charge is -2.13. The van der Waals surface area contributed by atoms with E-state index in [0.29, 0.717) is 28.0 Å². The van der Waals surface area contributed by atoms with Crippen LogP contribution in [0.5, 0.6) is 17.2 Å². The Morgan fingerprint density at radius 2 is 1.74 bits per heavy atom. The number of aryl methyl sites for hydroxylation is 1. The van der Waals surface area contributed by atoms with Gasteiger partial charge >= 0.3 is 12.1 Å². The van der Waals surface area contributed by atoms with Gasteiger partial charge in [0, 0.05) is 5.39 Å². The fraction of sp³-hybridized carbons (Fsp3) is 0.190. The summed E-state index contributed by atoms with van der Waals surface area (Å²) in [5, 5.41) is 3.02. The normalized spacial score (nSPS) is 11.5. The van der Waals surface area contributed by atoms with Gasteiger partial charge in [0.1, 0.15) is 28.2 Å². The molecule has 0 aliphatic heterocycles. The molecule has 14 heteroatoms. The second-order valence-electron chi connectivity index (χ2n) is 7.16. The third kappa shape index (κ3) is 4.45. The molecule has 2 aromatic heterocycles. The number of fused-ring (bicyclic) bond motifs is 2. The molecule has 182 valence electrons. The molecule has 0 unspecified atom stereocenters. The summed E-state index contributed by atoms with van der Waals surface area (Å²) in [6.07, 6.45) is -5.26. The van der Waals surface area contributed by atoms with E-state index in [1.165, 1.54) is 20.3 Å². The number of ether oxygens (including phenoxy) is 3. The molecule has 4 aromatic rings. The molecule has 0 saturated heterocycles. The molecule has 0 atom stereocenters. The van der Waals surface area contributed by atoms with Gasteiger partial charge in [0.05, 0.1) is 31.1 Å². The van der Waals surface area contributed by atoms with Gasteiger partial charge in [0.2, 0.25) is 11.9 Å². The Morgan fingerprint density at radius 1 is 1.06 bits per heavy atom. The van der Waals surface area contributed by atoms with Crippen LogP contribution >= 0.6 is 0 Å². The van der Waals surface area contributed by atoms with Gasteiger partial charge in [-0.15, -0.1) is 0 Å². The standard InChI is InChI=1S/C21H17F3N6O5/c1-8-9-6-14(34-3)10(25)7-11(9)27-19(26-8)30-20-28-16-13(33-2)5-4-12(15(16)17(31)29-20)35-18(32)21(22,23)24/h4-7H,25H2,1-3H3,(H2,26,27,28,29,30,31). The number of nitrogens with one attached hydrogen (secondary N) is 2. The van der Waals surface area contributed by atoms with Crippen molar-refractivity contribution in [2.24, 2.45) is 0 Å². The van der Waals surface area contributed by atoms with Crippen LogP contribution in [0.15, 0.2) is 29.1 Å². The number of rotatable bonds is 5. The minimum Gasteiger partial charge on any atom is -0.495 e. The van der Waals surface area contributed by atoms with Crippen molar-refractivity contribution in [1.29, 1.82) is 0 Å². The fourth-order valence-corrected chi connectivity index (χ4v) is 3.32. The predicted octanol–water partition coefficient (Wildman–Crippen LogP) is 2.99. The molecular formula is C21H17F3N6O5. The Labute approximate surface area is 194 Å². The molecule has 0 saturated carbocycles. The van der Waals surface area contributed by atoms with E-state index < -0.39 is 28.8 Å². The third-order valence-electron chi connectivity index (χ3n) is 4.91. The average Bonchev–Trinajstić information content (AvgIpc) is 2.78. The van der Waals surface area contributed by atoms with Crippen LogP contribution in [0.4, 0.5) is 30.8 Å². The Hall–Kier alpha value is -4.62. The summed E-state index contributed by atoms with van der Waals surface area (Å²) in [6, 6.07) is 5.50. The smallest absolute Gasteiger partial charge is 0.491 e. The highest BCUT2D eigenvalue weighted by Gasteiger charge is 2.41. The van der Waals surface area contributed by atoms with Crippen molar-refractivity contribution in [3.8, 4) is 17.2 Å². The van der Waals surface area contributed by atoms with Crippen LogP contribution in [-0.4, -0.2) is 46.3 Å². The lowest BCUT2D eigenvalue weighted by molar-refractivity contribution is -0.189. The van der Waals surface area contributed by atoms with Crippen molar-refractivity contribution in [3.63, 3.8) is 0 Å². The predicted molar refractivity (Wildman–Crippen MR) is 119 cm³/mol. The van der Waals surface area contributed by atoms with Gasteiger partial charge in [-0.2, -0.15) is 13.2 Å². The molecule has 0 amide bonds. The van der Waals surface area contributed by atoms with Crippen LogP contribution in [0.2, 0.25) is 0 Å². The first-order chi connectivity index (χ1) is 16.5. The zero-order valence-electron chi connectivity index (χ0n) is 18.4. The van der Waals surface area contributed by atoms with Gasteiger partial charge in [-0.3, -0.25) is 15.1 Å². The SMILES string of the molecule is COc1cc2c(C)nc(Nc3nc4c(OC)ccc(OC(=O)C(F)(F)F)c4c(=O)[nH]3)nc2cc1N. The monoisotopic (exact) mass is 490 g/mol. The molecule has 35 heavy (non-hydrogen) atoms. The highest BCUT2D eigenvalue weighted by molar-refractivity contribution is 5.93. The van der Waals surface area contributed by atoms with E-state index in [4.69, 9.17) is 15.2 Å². The number of nitrogens with two attached hydrogens (primary N) is 1. The minimum absolute atomic E-state index is 0.0523. The van der Waals surface area contributed by atoms with Gasteiger partial charge in [-0.25, -0.2) is 19.7 Å². The topological polar surface area (TPSA) is 154 Å². The summed E-state index contributed by atoms with van der Waals surface area (Å²) < 4.78 is 52.7. The number of hydrogen-bond donors (Lipinski definition) is 3. The lowest BCUT2D eigenvalue weighted by atomic mass is 10.1. The minimum atomic E-state index is -5.26. The van der Waals surface area contributed by atoms with Crippen molar-refractivity contribution >= 4 is 45.4 Å². The molecule has 4 N–H and O–H groups in total. The summed E-state index contributed by atoms with van der Waals surface area (Å²) in [7, 11) is 2.76. The summed E-state index contributed by atoms with van der Waals surface area (Å²) in [6.45, 7) is 1.73. The molecule has 2 heterocycles. The molecule has 0 fully saturated rings. The van der Waals surface area contributed by atoms with Gasteiger partial charge in [0.25, 0.3) is 5.56 Å². The number of alkyl halides is 3. The Bertz CT molecular complexity index is 1540. The number of H-pyrrole nitrogens is 1. The summed E-state index contributed by atoms with van der Waals surface area (Å²) in [5.74, 6) is -2.69. The number of carbonyl (C=O) groups excluding carboxylic acids is 1. The van der Waals surface area contributed by atoms with Crippen molar-refractivity contribution in [2.75, 3.05) is 25.3 Å². The lowest BCUT2D eigenvalue weighted by Crippen LogP contribution is -2.28. The second kappa shape index (κ2) is 8.62. The summed E-state index contributed by atoms with van der Waals surface area (Å²) in [4.78, 5) is 39.3. The Balaban J connectivity index is 1.79. The second-order valence-corrected chi connectivity index (χ2v) is 7.16. The van der Waals surface area contributed by atoms with Crippen LogP contribution in [-0.2, 0) is 4.79 Å². The molecular weight excluding hydrogens is 473 g/mol. The van der Waals surface area contributed by atoms with E-state index in [-0.39, 0.29) is 23.2 Å². The maximum atomic E-state index is 12.8. The Morgan fingerprint density at radius 3 is 2.40 bits per heavy atom. The molecule has 11 nitrogen and oxygen atoms in total. The third-order valence-corrected chi connectivity index (χ3v) is 4.91. The van der Waals surface area contributed by atoms with Crippen LogP contribution in [0.1, 0.15) is 5.69 Å². The number of benzene rings is 2. The number of hydrogen-bond acceptors (Lipinski definition) is 10. The quantitative estimate of drug-likeness (QED) is 0.216. The van der Waals surface area contributed by atoms with E-state index in [0.717, 1.165) is 6.07 Å². The summed E-state index contributed by atoms with van der Waals surface area (Å²) >= 11 is 0. The van der Waals surface area contributed by atoms with Crippen LogP contribution in [0.25, 0.3) is 21.8 Å². The average molecular weight is 490 g/mol. The van der Waals surface area contributed by atoms with Crippen LogP contribution in [0.3, 0.4) is 0 Å². The maximum Gasteiger partial charge on any atom is 0.491 e. The summed E-state index contributed by atoms with van der Waals surface area (Å²) in [5.41, 5.74) is 6.31. The molecule has 2 aromatic carbocycles. The first-order valence-electron chi connectivity index (χ1n) is 9.80. The van der Waals surface area contributed by atoms with Crippen molar-refractivity contribution in [2.45, 2.75) is 13.1 Å². The number of aromatic amines is 1. The number of nitrogen functional groups attached to an aromatic ring is 1. The van der Waals surface area contributed by atoms with Crippen LogP contribution < -0.4 is 30.8 Å². The van der Waals surface area contributed by atoms with Gasteiger partial charge < -0.3 is 19.9 Å². The van der Waals surface area contributed by atoms with Gasteiger partial charge in [-0.1, -0.05) is 0 Å². The number of aromatic nitrogens is 4. The van der Waals surface area contributed by atoms with E-state index in [1.54, 1.807) is 19.1 Å². The largest absolute Gasteiger partial charge is 0.495 e.